The van der Waals surface area contributed by atoms with Crippen molar-refractivity contribution >= 4 is 37.8 Å². The lowest BCUT2D eigenvalue weighted by Crippen LogP contribution is -2.31. The van der Waals surface area contributed by atoms with Crippen molar-refractivity contribution in [1.82, 2.24) is 5.32 Å². The Labute approximate surface area is 130 Å². The van der Waals surface area contributed by atoms with Gasteiger partial charge in [0.2, 0.25) is 0 Å². The molecule has 2 aliphatic rings. The molecule has 2 aliphatic carbocycles. The number of hydrogen-bond donors (Lipinski definition) is 1. The van der Waals surface area contributed by atoms with Crippen LogP contribution in [0.3, 0.4) is 0 Å². The summed E-state index contributed by atoms with van der Waals surface area (Å²) in [7, 11) is 0. The summed E-state index contributed by atoms with van der Waals surface area (Å²) in [5, 5.41) is 3.10. The number of hydrogen-bond acceptors (Lipinski definition) is 1. The zero-order valence-electron chi connectivity index (χ0n) is 10.7. The van der Waals surface area contributed by atoms with Gasteiger partial charge >= 0.3 is 0 Å². The molecule has 0 aliphatic heterocycles. The van der Waals surface area contributed by atoms with Crippen LogP contribution in [0.2, 0.25) is 0 Å². The van der Waals surface area contributed by atoms with Crippen LogP contribution < -0.4 is 5.32 Å². The van der Waals surface area contributed by atoms with Crippen LogP contribution in [0.15, 0.2) is 27.1 Å². The molecule has 3 atom stereocenters. The molecule has 1 aromatic carbocycles. The zero-order chi connectivity index (χ0) is 13.4. The third kappa shape index (κ3) is 2.89. The molecule has 0 heterocycles. The number of benzene rings is 1. The number of amides is 1. The second-order valence-corrected chi connectivity index (χ2v) is 7.54. The molecule has 1 amide bonds. The molecule has 1 N–H and O–H groups in total. The Morgan fingerprint density at radius 1 is 1.26 bits per heavy atom. The molecule has 19 heavy (non-hydrogen) atoms. The number of carbonyl (C=O) groups is 1. The predicted molar refractivity (Wildman–Crippen MR) is 83.1 cm³/mol. The summed E-state index contributed by atoms with van der Waals surface area (Å²) in [5.41, 5.74) is 0.706. The third-order valence-corrected chi connectivity index (χ3v) is 5.77. The Kier molecular flexibility index (Phi) is 3.99. The summed E-state index contributed by atoms with van der Waals surface area (Å²) in [5.74, 6) is 2.52. The topological polar surface area (TPSA) is 29.1 Å². The number of halogens is 2. The van der Waals surface area contributed by atoms with Crippen LogP contribution >= 0.6 is 31.9 Å². The molecule has 2 fully saturated rings. The highest BCUT2D eigenvalue weighted by Crippen LogP contribution is 2.47. The van der Waals surface area contributed by atoms with Gasteiger partial charge in [0.05, 0.1) is 5.56 Å². The Morgan fingerprint density at radius 2 is 2.11 bits per heavy atom. The minimum Gasteiger partial charge on any atom is -0.352 e. The maximum atomic E-state index is 12.2. The lowest BCUT2D eigenvalue weighted by atomic mass is 9.89. The Morgan fingerprint density at radius 3 is 2.79 bits per heavy atom. The zero-order valence-corrected chi connectivity index (χ0v) is 13.8. The van der Waals surface area contributed by atoms with Crippen LogP contribution in [0.5, 0.6) is 0 Å². The molecule has 0 radical (unpaired) electrons. The summed E-state index contributed by atoms with van der Waals surface area (Å²) in [6, 6.07) is 5.69. The maximum absolute atomic E-state index is 12.2. The van der Waals surface area contributed by atoms with E-state index in [2.05, 4.69) is 37.2 Å². The monoisotopic (exact) mass is 385 g/mol. The van der Waals surface area contributed by atoms with Gasteiger partial charge in [0, 0.05) is 15.5 Å². The van der Waals surface area contributed by atoms with Crippen LogP contribution in [0.25, 0.3) is 0 Å². The van der Waals surface area contributed by atoms with Gasteiger partial charge in [0.15, 0.2) is 0 Å². The van der Waals surface area contributed by atoms with Gasteiger partial charge in [-0.3, -0.25) is 4.79 Å². The average Bonchev–Trinajstić information content (AvgIpc) is 3.01. The van der Waals surface area contributed by atoms with Crippen LogP contribution in [0, 0.1) is 17.8 Å². The van der Waals surface area contributed by atoms with Crippen molar-refractivity contribution in [2.75, 3.05) is 6.54 Å². The van der Waals surface area contributed by atoms with E-state index >= 15 is 0 Å². The molecule has 2 saturated carbocycles. The van der Waals surface area contributed by atoms with Gasteiger partial charge in [0.1, 0.15) is 0 Å². The summed E-state index contributed by atoms with van der Waals surface area (Å²) in [6.45, 7) is 0.832. The van der Waals surface area contributed by atoms with Crippen LogP contribution in [-0.2, 0) is 0 Å². The maximum Gasteiger partial charge on any atom is 0.252 e. The quantitative estimate of drug-likeness (QED) is 0.820. The van der Waals surface area contributed by atoms with Gasteiger partial charge in [0.25, 0.3) is 5.91 Å². The molecule has 3 unspecified atom stereocenters. The van der Waals surface area contributed by atoms with Crippen molar-refractivity contribution in [2.24, 2.45) is 17.8 Å². The summed E-state index contributed by atoms with van der Waals surface area (Å²) >= 11 is 6.84. The van der Waals surface area contributed by atoms with E-state index in [1.165, 1.54) is 25.7 Å². The van der Waals surface area contributed by atoms with Crippen molar-refractivity contribution in [3.05, 3.63) is 32.7 Å². The molecular formula is C15H17Br2NO. The van der Waals surface area contributed by atoms with Gasteiger partial charge < -0.3 is 5.32 Å². The molecule has 1 aromatic rings. The van der Waals surface area contributed by atoms with E-state index in [-0.39, 0.29) is 5.91 Å². The first kappa shape index (κ1) is 13.6. The fraction of sp³-hybridized carbons (Fsp3) is 0.533. The summed E-state index contributed by atoms with van der Waals surface area (Å²) in [6.07, 6.45) is 5.48. The van der Waals surface area contributed by atoms with E-state index in [9.17, 15) is 4.79 Å². The van der Waals surface area contributed by atoms with Gasteiger partial charge in [-0.05, 0) is 71.1 Å². The molecule has 102 valence electrons. The first-order valence-electron chi connectivity index (χ1n) is 6.86. The van der Waals surface area contributed by atoms with Crippen LogP contribution in [0.1, 0.15) is 36.0 Å². The Balaban J connectivity index is 1.61. The molecule has 2 bridgehead atoms. The van der Waals surface area contributed by atoms with Crippen molar-refractivity contribution in [3.8, 4) is 0 Å². The van der Waals surface area contributed by atoms with E-state index < -0.39 is 0 Å². The molecule has 0 saturated heterocycles. The lowest BCUT2D eigenvalue weighted by Gasteiger charge is -2.22. The van der Waals surface area contributed by atoms with E-state index in [1.807, 2.05) is 18.2 Å². The van der Waals surface area contributed by atoms with Crippen molar-refractivity contribution < 1.29 is 4.79 Å². The number of carbonyl (C=O) groups excluding carboxylic acids is 1. The third-order valence-electron chi connectivity index (χ3n) is 4.58. The first-order valence-corrected chi connectivity index (χ1v) is 8.45. The highest BCUT2D eigenvalue weighted by molar-refractivity contribution is 9.11. The second kappa shape index (κ2) is 5.57. The smallest absolute Gasteiger partial charge is 0.252 e. The minimum absolute atomic E-state index is 0.0240. The van der Waals surface area contributed by atoms with E-state index in [0.717, 1.165) is 27.3 Å². The molecule has 0 spiro atoms. The summed E-state index contributed by atoms with van der Waals surface area (Å²) in [4.78, 5) is 12.2. The molecule has 4 heteroatoms. The normalized spacial score (nSPS) is 28.6. The summed E-state index contributed by atoms with van der Waals surface area (Å²) < 4.78 is 1.78. The number of rotatable bonds is 3. The first-order chi connectivity index (χ1) is 9.13. The van der Waals surface area contributed by atoms with Gasteiger partial charge in [-0.25, -0.2) is 0 Å². The van der Waals surface area contributed by atoms with Crippen LogP contribution in [0.4, 0.5) is 0 Å². The second-order valence-electron chi connectivity index (χ2n) is 5.77. The van der Waals surface area contributed by atoms with Crippen LogP contribution in [-0.4, -0.2) is 12.5 Å². The highest BCUT2D eigenvalue weighted by Gasteiger charge is 2.39. The Hall–Kier alpha value is -0.350. The number of nitrogens with one attached hydrogen (secondary N) is 1. The highest BCUT2D eigenvalue weighted by atomic mass is 79.9. The van der Waals surface area contributed by atoms with E-state index in [1.54, 1.807) is 0 Å². The van der Waals surface area contributed by atoms with E-state index in [0.29, 0.717) is 11.5 Å². The Bertz CT molecular complexity index is 503. The molecule has 3 rings (SSSR count). The predicted octanol–water partition coefficient (Wildman–Crippen LogP) is 4.38. The van der Waals surface area contributed by atoms with Gasteiger partial charge in [-0.15, -0.1) is 0 Å². The fourth-order valence-corrected chi connectivity index (χ4v) is 4.40. The van der Waals surface area contributed by atoms with Crippen molar-refractivity contribution in [2.45, 2.75) is 25.7 Å². The van der Waals surface area contributed by atoms with Gasteiger partial charge in [-0.1, -0.05) is 22.4 Å². The van der Waals surface area contributed by atoms with Gasteiger partial charge in [-0.2, -0.15) is 0 Å². The fourth-order valence-electron chi connectivity index (χ4n) is 3.62. The molecular weight excluding hydrogens is 370 g/mol. The molecule has 0 aromatic heterocycles. The number of fused-ring (bicyclic) bond motifs is 2. The standard InChI is InChI=1S/C15H17Br2NO/c16-12-3-4-14(17)13(7-12)15(19)18-8-11-6-9-1-2-10(11)5-9/h3-4,7,9-11H,1-2,5-6,8H2,(H,18,19). The minimum atomic E-state index is 0.0240. The lowest BCUT2D eigenvalue weighted by molar-refractivity contribution is 0.0941. The SMILES string of the molecule is O=C(NCC1CC2CCC1C2)c1cc(Br)ccc1Br. The largest absolute Gasteiger partial charge is 0.352 e. The van der Waals surface area contributed by atoms with E-state index in [4.69, 9.17) is 0 Å². The average molecular weight is 387 g/mol. The van der Waals surface area contributed by atoms with Crippen molar-refractivity contribution in [1.29, 1.82) is 0 Å². The molecule has 2 nitrogen and oxygen atoms in total. The van der Waals surface area contributed by atoms with Crippen molar-refractivity contribution in [3.63, 3.8) is 0 Å².